The SMILES string of the molecule is CC(C)C(c1cccnc1)C1CCNC1. The molecule has 0 radical (unpaired) electrons. The molecule has 0 aliphatic carbocycles. The van der Waals surface area contributed by atoms with Gasteiger partial charge >= 0.3 is 0 Å². The molecule has 0 amide bonds. The maximum atomic E-state index is 4.24. The Bertz CT molecular complexity index is 289. The number of aromatic nitrogens is 1. The lowest BCUT2D eigenvalue weighted by molar-refractivity contribution is 0.362. The molecule has 1 saturated heterocycles. The number of hydrogen-bond acceptors (Lipinski definition) is 2. The van der Waals surface area contributed by atoms with Crippen LogP contribution in [0.2, 0.25) is 0 Å². The minimum absolute atomic E-state index is 0.661. The molecule has 0 spiro atoms. The van der Waals surface area contributed by atoms with E-state index in [0.717, 1.165) is 12.5 Å². The lowest BCUT2D eigenvalue weighted by atomic mass is 9.78. The number of nitrogens with one attached hydrogen (secondary N) is 1. The van der Waals surface area contributed by atoms with Gasteiger partial charge < -0.3 is 5.32 Å². The van der Waals surface area contributed by atoms with Crippen LogP contribution >= 0.6 is 0 Å². The Balaban J connectivity index is 2.19. The molecule has 15 heavy (non-hydrogen) atoms. The molecule has 82 valence electrons. The zero-order chi connectivity index (χ0) is 10.7. The molecule has 2 rings (SSSR count). The fourth-order valence-electron chi connectivity index (χ4n) is 2.76. The molecule has 0 saturated carbocycles. The van der Waals surface area contributed by atoms with Crippen LogP contribution in [0.1, 0.15) is 31.7 Å². The van der Waals surface area contributed by atoms with E-state index < -0.39 is 0 Å². The number of pyridine rings is 1. The summed E-state index contributed by atoms with van der Waals surface area (Å²) in [6.07, 6.45) is 5.19. The summed E-state index contributed by atoms with van der Waals surface area (Å²) in [5, 5.41) is 3.46. The van der Waals surface area contributed by atoms with E-state index in [-0.39, 0.29) is 0 Å². The van der Waals surface area contributed by atoms with Crippen molar-refractivity contribution in [1.82, 2.24) is 10.3 Å². The van der Waals surface area contributed by atoms with Gasteiger partial charge in [-0.1, -0.05) is 19.9 Å². The van der Waals surface area contributed by atoms with Crippen molar-refractivity contribution < 1.29 is 0 Å². The predicted molar refractivity (Wildman–Crippen MR) is 62.8 cm³/mol. The van der Waals surface area contributed by atoms with Crippen molar-refractivity contribution in [3.8, 4) is 0 Å². The van der Waals surface area contributed by atoms with E-state index in [9.17, 15) is 0 Å². The van der Waals surface area contributed by atoms with Crippen molar-refractivity contribution in [1.29, 1.82) is 0 Å². The Labute approximate surface area is 92.1 Å². The van der Waals surface area contributed by atoms with Crippen molar-refractivity contribution >= 4 is 0 Å². The fourth-order valence-corrected chi connectivity index (χ4v) is 2.76. The zero-order valence-electron chi connectivity index (χ0n) is 9.61. The first-order chi connectivity index (χ1) is 7.29. The first kappa shape index (κ1) is 10.6. The maximum Gasteiger partial charge on any atom is 0.0302 e. The minimum Gasteiger partial charge on any atom is -0.316 e. The molecule has 1 aliphatic rings. The molecule has 1 aromatic heterocycles. The van der Waals surface area contributed by atoms with Crippen LogP contribution in [-0.2, 0) is 0 Å². The van der Waals surface area contributed by atoms with E-state index in [1.165, 1.54) is 18.5 Å². The average molecular weight is 204 g/mol. The van der Waals surface area contributed by atoms with E-state index in [1.807, 2.05) is 18.5 Å². The topological polar surface area (TPSA) is 24.9 Å². The van der Waals surface area contributed by atoms with Gasteiger partial charge in [-0.25, -0.2) is 0 Å². The van der Waals surface area contributed by atoms with Gasteiger partial charge in [-0.05, 0) is 48.9 Å². The quantitative estimate of drug-likeness (QED) is 0.818. The second-order valence-corrected chi connectivity index (χ2v) is 4.81. The average Bonchev–Trinajstić information content (AvgIpc) is 2.72. The van der Waals surface area contributed by atoms with Crippen LogP contribution in [0.25, 0.3) is 0 Å². The Morgan fingerprint density at radius 3 is 2.87 bits per heavy atom. The first-order valence-electron chi connectivity index (χ1n) is 5.89. The molecular formula is C13H20N2. The molecule has 2 heteroatoms. The molecule has 2 nitrogen and oxygen atoms in total. The van der Waals surface area contributed by atoms with Crippen LogP contribution < -0.4 is 5.32 Å². The molecule has 2 atom stereocenters. The summed E-state index contributed by atoms with van der Waals surface area (Å²) in [6.45, 7) is 6.97. The summed E-state index contributed by atoms with van der Waals surface area (Å²) in [6, 6.07) is 4.27. The number of rotatable bonds is 3. The van der Waals surface area contributed by atoms with Crippen molar-refractivity contribution in [3.05, 3.63) is 30.1 Å². The van der Waals surface area contributed by atoms with E-state index in [4.69, 9.17) is 0 Å². The highest BCUT2D eigenvalue weighted by molar-refractivity contribution is 5.17. The molecule has 2 heterocycles. The molecule has 0 bridgehead atoms. The summed E-state index contributed by atoms with van der Waals surface area (Å²) in [5.74, 6) is 2.14. The van der Waals surface area contributed by atoms with Crippen LogP contribution in [0.15, 0.2) is 24.5 Å². The van der Waals surface area contributed by atoms with E-state index in [1.54, 1.807) is 0 Å². The standard InChI is InChI=1S/C13H20N2/c1-10(2)13(12-5-7-15-9-12)11-4-3-6-14-8-11/h3-4,6,8,10,12-13,15H,5,7,9H2,1-2H3. The largest absolute Gasteiger partial charge is 0.316 e. The second-order valence-electron chi connectivity index (χ2n) is 4.81. The zero-order valence-corrected chi connectivity index (χ0v) is 9.61. The lowest BCUT2D eigenvalue weighted by Gasteiger charge is -2.26. The van der Waals surface area contributed by atoms with Crippen molar-refractivity contribution in [2.24, 2.45) is 11.8 Å². The van der Waals surface area contributed by atoms with Crippen molar-refractivity contribution in [2.75, 3.05) is 13.1 Å². The van der Waals surface area contributed by atoms with Crippen LogP contribution in [0.3, 0.4) is 0 Å². The summed E-state index contributed by atoms with van der Waals surface area (Å²) in [4.78, 5) is 4.24. The molecule has 0 aromatic carbocycles. The lowest BCUT2D eigenvalue weighted by Crippen LogP contribution is -2.20. The monoisotopic (exact) mass is 204 g/mol. The van der Waals surface area contributed by atoms with E-state index in [2.05, 4.69) is 30.2 Å². The normalized spacial score (nSPS) is 23.3. The van der Waals surface area contributed by atoms with Crippen LogP contribution in [0.4, 0.5) is 0 Å². The second kappa shape index (κ2) is 4.75. The third-order valence-corrected chi connectivity index (χ3v) is 3.39. The Morgan fingerprint density at radius 1 is 1.47 bits per heavy atom. The fraction of sp³-hybridized carbons (Fsp3) is 0.615. The van der Waals surface area contributed by atoms with Crippen molar-refractivity contribution in [2.45, 2.75) is 26.2 Å². The van der Waals surface area contributed by atoms with Gasteiger partial charge in [-0.2, -0.15) is 0 Å². The Kier molecular flexibility index (Phi) is 3.37. The van der Waals surface area contributed by atoms with E-state index in [0.29, 0.717) is 11.8 Å². The van der Waals surface area contributed by atoms with Crippen molar-refractivity contribution in [3.63, 3.8) is 0 Å². The van der Waals surface area contributed by atoms with Gasteiger partial charge in [0.2, 0.25) is 0 Å². The van der Waals surface area contributed by atoms with Crippen LogP contribution in [0, 0.1) is 11.8 Å². The highest BCUT2D eigenvalue weighted by Gasteiger charge is 2.28. The number of nitrogens with zero attached hydrogens (tertiary/aromatic N) is 1. The van der Waals surface area contributed by atoms with Crippen LogP contribution in [0.5, 0.6) is 0 Å². The van der Waals surface area contributed by atoms with Gasteiger partial charge in [0, 0.05) is 12.4 Å². The summed E-state index contributed by atoms with van der Waals surface area (Å²) < 4.78 is 0. The summed E-state index contributed by atoms with van der Waals surface area (Å²) in [5.41, 5.74) is 1.40. The van der Waals surface area contributed by atoms with Gasteiger partial charge in [-0.3, -0.25) is 4.98 Å². The Hall–Kier alpha value is -0.890. The first-order valence-corrected chi connectivity index (χ1v) is 5.89. The maximum absolute atomic E-state index is 4.24. The van der Waals surface area contributed by atoms with Gasteiger partial charge in [-0.15, -0.1) is 0 Å². The molecule has 1 N–H and O–H groups in total. The Morgan fingerprint density at radius 2 is 2.33 bits per heavy atom. The predicted octanol–water partition coefficient (Wildman–Crippen LogP) is 2.43. The summed E-state index contributed by atoms with van der Waals surface area (Å²) >= 11 is 0. The number of hydrogen-bond donors (Lipinski definition) is 1. The van der Waals surface area contributed by atoms with Gasteiger partial charge in [0.1, 0.15) is 0 Å². The smallest absolute Gasteiger partial charge is 0.0302 e. The third kappa shape index (κ3) is 2.37. The molecule has 2 unspecified atom stereocenters. The molecule has 1 aliphatic heterocycles. The minimum atomic E-state index is 0.661. The van der Waals surface area contributed by atoms with Gasteiger partial charge in [0.15, 0.2) is 0 Å². The molecule has 1 fully saturated rings. The third-order valence-electron chi connectivity index (χ3n) is 3.39. The van der Waals surface area contributed by atoms with Crippen LogP contribution in [-0.4, -0.2) is 18.1 Å². The van der Waals surface area contributed by atoms with E-state index >= 15 is 0 Å². The van der Waals surface area contributed by atoms with Gasteiger partial charge in [0.25, 0.3) is 0 Å². The molecule has 1 aromatic rings. The highest BCUT2D eigenvalue weighted by atomic mass is 14.9. The summed E-state index contributed by atoms with van der Waals surface area (Å²) in [7, 11) is 0. The highest BCUT2D eigenvalue weighted by Crippen LogP contribution is 2.34. The van der Waals surface area contributed by atoms with Gasteiger partial charge in [0.05, 0.1) is 0 Å². The molecular weight excluding hydrogens is 184 g/mol.